The van der Waals surface area contributed by atoms with Gasteiger partial charge < -0.3 is 21.1 Å². The van der Waals surface area contributed by atoms with Crippen LogP contribution in [0.1, 0.15) is 32.1 Å². The van der Waals surface area contributed by atoms with Crippen molar-refractivity contribution in [1.29, 1.82) is 0 Å². The number of carboxylic acid groups (broad SMARTS) is 3. The zero-order valence-corrected chi connectivity index (χ0v) is 11.7. The van der Waals surface area contributed by atoms with Gasteiger partial charge in [-0.15, -0.1) is 0 Å². The van der Waals surface area contributed by atoms with Crippen molar-refractivity contribution in [1.82, 2.24) is 5.32 Å². The molecular weight excluding hydrogens is 300 g/mol. The van der Waals surface area contributed by atoms with Crippen LogP contribution in [0.4, 0.5) is 0 Å². The second-order valence-corrected chi connectivity index (χ2v) is 4.65. The fourth-order valence-corrected chi connectivity index (χ4v) is 1.55. The second kappa shape index (κ2) is 9.45. The van der Waals surface area contributed by atoms with E-state index in [1.54, 1.807) is 0 Å². The summed E-state index contributed by atoms with van der Waals surface area (Å²) in [7, 11) is 0. The number of hydrogen-bond acceptors (Lipinski definition) is 6. The zero-order valence-electron chi connectivity index (χ0n) is 11.7. The molecule has 0 bridgehead atoms. The lowest BCUT2D eigenvalue weighted by molar-refractivity contribution is -0.149. The predicted molar refractivity (Wildman–Crippen MR) is 70.6 cm³/mol. The summed E-state index contributed by atoms with van der Waals surface area (Å²) in [4.78, 5) is 51.6. The van der Waals surface area contributed by atoms with Crippen LogP contribution < -0.4 is 11.1 Å². The van der Waals surface area contributed by atoms with Crippen molar-refractivity contribution in [3.05, 3.63) is 0 Å². The van der Waals surface area contributed by atoms with Gasteiger partial charge in [-0.1, -0.05) is 0 Å². The van der Waals surface area contributed by atoms with E-state index in [-0.39, 0.29) is 25.7 Å². The zero-order chi connectivity index (χ0) is 17.3. The quantitative estimate of drug-likeness (QED) is 0.374. The van der Waals surface area contributed by atoms with Gasteiger partial charge in [0, 0.05) is 19.3 Å². The standard InChI is InChI=1S/C6H7NO4.C6H11NO4/c8-4-1-3(6(10)11)2-5(9)7-4;7-4(6(10)11)2-1-3-5(8)9/h3H,1-2H2,(H,10,11)(H,7,8,9);4H,1-3,7H2,(H,8,9)(H,10,11). The lowest BCUT2D eigenvalue weighted by Crippen LogP contribution is -2.40. The van der Waals surface area contributed by atoms with E-state index in [4.69, 9.17) is 21.1 Å². The Balaban J connectivity index is 0.000000401. The summed E-state index contributed by atoms with van der Waals surface area (Å²) in [5.74, 6) is -4.95. The average Bonchev–Trinajstić information content (AvgIpc) is 2.37. The smallest absolute Gasteiger partial charge is 0.320 e. The SMILES string of the molecule is NC(CCCC(=O)O)C(=O)O.O=C1CC(C(=O)O)CC(=O)N1. The number of nitrogens with one attached hydrogen (secondary N) is 1. The molecule has 1 unspecified atom stereocenters. The molecule has 10 nitrogen and oxygen atoms in total. The maximum absolute atomic E-state index is 10.6. The fraction of sp³-hybridized carbons (Fsp3) is 0.583. The molecule has 22 heavy (non-hydrogen) atoms. The van der Waals surface area contributed by atoms with Crippen molar-refractivity contribution in [3.63, 3.8) is 0 Å². The van der Waals surface area contributed by atoms with E-state index in [2.05, 4.69) is 0 Å². The normalized spacial score (nSPS) is 16.0. The predicted octanol–water partition coefficient (Wildman–Crippen LogP) is -1.22. The van der Waals surface area contributed by atoms with Gasteiger partial charge in [-0.25, -0.2) is 0 Å². The summed E-state index contributed by atoms with van der Waals surface area (Å²) >= 11 is 0. The molecule has 124 valence electrons. The molecule has 0 radical (unpaired) electrons. The third kappa shape index (κ3) is 8.64. The first-order valence-electron chi connectivity index (χ1n) is 6.39. The van der Waals surface area contributed by atoms with E-state index in [9.17, 15) is 24.0 Å². The largest absolute Gasteiger partial charge is 0.481 e. The Hall–Kier alpha value is -2.49. The number of aliphatic carboxylic acids is 3. The van der Waals surface area contributed by atoms with Crippen LogP contribution in [0.15, 0.2) is 0 Å². The van der Waals surface area contributed by atoms with Crippen molar-refractivity contribution in [2.75, 3.05) is 0 Å². The average molecular weight is 318 g/mol. The summed E-state index contributed by atoms with van der Waals surface area (Å²) in [6, 6.07) is -0.936. The number of carbonyl (C=O) groups excluding carboxylic acids is 2. The topological polar surface area (TPSA) is 184 Å². The Morgan fingerprint density at radius 2 is 1.64 bits per heavy atom. The first kappa shape index (κ1) is 19.5. The van der Waals surface area contributed by atoms with Crippen LogP contribution in [-0.4, -0.2) is 51.1 Å². The van der Waals surface area contributed by atoms with E-state index < -0.39 is 41.7 Å². The maximum Gasteiger partial charge on any atom is 0.320 e. The van der Waals surface area contributed by atoms with Crippen LogP contribution in [0.3, 0.4) is 0 Å². The summed E-state index contributed by atoms with van der Waals surface area (Å²) < 4.78 is 0. The van der Waals surface area contributed by atoms with Gasteiger partial charge in [-0.05, 0) is 12.8 Å². The monoisotopic (exact) mass is 318 g/mol. The molecule has 2 amide bonds. The molecule has 0 spiro atoms. The third-order valence-electron chi connectivity index (χ3n) is 2.71. The van der Waals surface area contributed by atoms with Crippen LogP contribution in [0.2, 0.25) is 0 Å². The number of hydrogen-bond donors (Lipinski definition) is 5. The van der Waals surface area contributed by atoms with E-state index in [0.29, 0.717) is 6.42 Å². The molecule has 1 heterocycles. The van der Waals surface area contributed by atoms with Crippen molar-refractivity contribution in [2.45, 2.75) is 38.1 Å². The molecule has 1 aliphatic heterocycles. The lowest BCUT2D eigenvalue weighted by atomic mass is 9.97. The van der Waals surface area contributed by atoms with Crippen molar-refractivity contribution >= 4 is 29.7 Å². The number of nitrogens with two attached hydrogens (primary N) is 1. The first-order chi connectivity index (χ1) is 10.1. The van der Waals surface area contributed by atoms with E-state index in [1.165, 1.54) is 0 Å². The molecule has 0 aromatic carbocycles. The van der Waals surface area contributed by atoms with Crippen molar-refractivity contribution < 1.29 is 39.3 Å². The molecule has 1 saturated heterocycles. The Bertz CT molecular complexity index is 446. The molecule has 1 rings (SSSR count). The highest BCUT2D eigenvalue weighted by atomic mass is 16.4. The van der Waals surface area contributed by atoms with Crippen LogP contribution in [0, 0.1) is 5.92 Å². The highest BCUT2D eigenvalue weighted by Gasteiger charge is 2.29. The Labute approximate surface area is 125 Å². The van der Waals surface area contributed by atoms with E-state index >= 15 is 0 Å². The number of amides is 2. The van der Waals surface area contributed by atoms with Crippen LogP contribution in [-0.2, 0) is 24.0 Å². The van der Waals surface area contributed by atoms with E-state index in [1.807, 2.05) is 5.32 Å². The fourth-order valence-electron chi connectivity index (χ4n) is 1.55. The molecule has 0 aromatic heterocycles. The second-order valence-electron chi connectivity index (χ2n) is 4.65. The van der Waals surface area contributed by atoms with Gasteiger partial charge >= 0.3 is 17.9 Å². The molecule has 10 heteroatoms. The number of carbonyl (C=O) groups is 5. The molecule has 0 aromatic rings. The van der Waals surface area contributed by atoms with Gasteiger partial charge in [0.2, 0.25) is 11.8 Å². The number of rotatable bonds is 6. The number of imide groups is 1. The van der Waals surface area contributed by atoms with Crippen LogP contribution in [0.25, 0.3) is 0 Å². The van der Waals surface area contributed by atoms with Crippen LogP contribution >= 0.6 is 0 Å². The van der Waals surface area contributed by atoms with Crippen LogP contribution in [0.5, 0.6) is 0 Å². The van der Waals surface area contributed by atoms with Gasteiger partial charge in [-0.2, -0.15) is 0 Å². The highest BCUT2D eigenvalue weighted by molar-refractivity contribution is 6.01. The molecule has 0 saturated carbocycles. The maximum atomic E-state index is 10.6. The minimum absolute atomic E-state index is 0.0268. The third-order valence-corrected chi connectivity index (χ3v) is 2.71. The van der Waals surface area contributed by atoms with Gasteiger partial charge in [-0.3, -0.25) is 29.3 Å². The summed E-state index contributed by atoms with van der Waals surface area (Å²) in [5, 5.41) is 26.9. The highest BCUT2D eigenvalue weighted by Crippen LogP contribution is 2.12. The Kier molecular flexibility index (Phi) is 8.38. The lowest BCUT2D eigenvalue weighted by Gasteiger charge is -2.16. The van der Waals surface area contributed by atoms with E-state index in [0.717, 1.165) is 0 Å². The minimum atomic E-state index is -1.09. The molecule has 6 N–H and O–H groups in total. The first-order valence-corrected chi connectivity index (χ1v) is 6.39. The molecule has 1 atom stereocenters. The van der Waals surface area contributed by atoms with Crippen molar-refractivity contribution in [2.24, 2.45) is 11.7 Å². The van der Waals surface area contributed by atoms with Gasteiger partial charge in [0.25, 0.3) is 0 Å². The molecule has 0 aliphatic carbocycles. The summed E-state index contributed by atoms with van der Waals surface area (Å²) in [5.41, 5.74) is 5.11. The number of carboxylic acids is 3. The minimum Gasteiger partial charge on any atom is -0.481 e. The van der Waals surface area contributed by atoms with Gasteiger partial charge in [0.1, 0.15) is 6.04 Å². The Morgan fingerprint density at radius 1 is 1.14 bits per heavy atom. The molecular formula is C12H18N2O8. The molecule has 1 fully saturated rings. The number of piperidine rings is 1. The summed E-state index contributed by atoms with van der Waals surface area (Å²) in [6.45, 7) is 0. The van der Waals surface area contributed by atoms with Gasteiger partial charge in [0.05, 0.1) is 5.92 Å². The van der Waals surface area contributed by atoms with Crippen molar-refractivity contribution in [3.8, 4) is 0 Å². The molecule has 1 aliphatic rings. The van der Waals surface area contributed by atoms with Gasteiger partial charge in [0.15, 0.2) is 0 Å². The Morgan fingerprint density at radius 3 is 2.00 bits per heavy atom. The summed E-state index contributed by atoms with van der Waals surface area (Å²) in [6.07, 6.45) is 0.299.